The molecule has 1 aliphatic carbocycles. The monoisotopic (exact) mass is 362 g/mol. The highest BCUT2D eigenvalue weighted by Gasteiger charge is 2.27. The van der Waals surface area contributed by atoms with Crippen LogP contribution in [0.5, 0.6) is 0 Å². The molecule has 1 fully saturated rings. The minimum Gasteiger partial charge on any atom is -0.396 e. The summed E-state index contributed by atoms with van der Waals surface area (Å²) < 4.78 is 2.00. The van der Waals surface area contributed by atoms with Crippen molar-refractivity contribution >= 4 is 11.6 Å². The Balaban J connectivity index is 1.83. The van der Waals surface area contributed by atoms with Gasteiger partial charge in [0.25, 0.3) is 0 Å². The van der Waals surface area contributed by atoms with Crippen molar-refractivity contribution in [2.24, 2.45) is 0 Å². The average Bonchev–Trinajstić information content (AvgIpc) is 3.04. The second-order valence-electron chi connectivity index (χ2n) is 7.07. The van der Waals surface area contributed by atoms with Crippen molar-refractivity contribution < 1.29 is 5.11 Å². The van der Waals surface area contributed by atoms with Crippen LogP contribution in [0.25, 0.3) is 11.4 Å². The molecular formula is C19H27ClN4O. The van der Waals surface area contributed by atoms with Crippen LogP contribution < -0.4 is 0 Å². The standard InChI is InChI=1S/C19H27ClN4O/c1-23(2)17-10-6-15(7-11-17)19-21-18(22-24(19)12-3-13-25)14-4-8-16(20)9-5-14/h4-5,8-9,15,17,25H,3,6-7,10-13H2,1-2H3. The Morgan fingerprint density at radius 2 is 1.84 bits per heavy atom. The van der Waals surface area contributed by atoms with Gasteiger partial charge in [-0.05, 0) is 70.5 Å². The van der Waals surface area contributed by atoms with Crippen LogP contribution in [-0.4, -0.2) is 51.5 Å². The van der Waals surface area contributed by atoms with E-state index in [1.54, 1.807) is 0 Å². The molecule has 0 radical (unpaired) electrons. The minimum absolute atomic E-state index is 0.170. The van der Waals surface area contributed by atoms with Gasteiger partial charge in [0.2, 0.25) is 0 Å². The third-order valence-electron chi connectivity index (χ3n) is 5.12. The van der Waals surface area contributed by atoms with Crippen molar-refractivity contribution in [1.82, 2.24) is 19.7 Å². The van der Waals surface area contributed by atoms with Gasteiger partial charge >= 0.3 is 0 Å². The van der Waals surface area contributed by atoms with E-state index in [1.807, 2.05) is 28.9 Å². The van der Waals surface area contributed by atoms with Gasteiger partial charge in [0, 0.05) is 35.7 Å². The predicted octanol–water partition coefficient (Wildman–Crippen LogP) is 3.57. The van der Waals surface area contributed by atoms with E-state index in [0.717, 1.165) is 30.1 Å². The SMILES string of the molecule is CN(C)C1CCC(c2nc(-c3ccc(Cl)cc3)nn2CCCO)CC1. The lowest BCUT2D eigenvalue weighted by Crippen LogP contribution is -2.32. The Bertz CT molecular complexity index is 675. The molecule has 0 amide bonds. The molecule has 0 bridgehead atoms. The van der Waals surface area contributed by atoms with E-state index in [4.69, 9.17) is 21.7 Å². The van der Waals surface area contributed by atoms with Gasteiger partial charge in [0.1, 0.15) is 5.82 Å². The summed E-state index contributed by atoms with van der Waals surface area (Å²) in [6.45, 7) is 0.878. The van der Waals surface area contributed by atoms with E-state index in [1.165, 1.54) is 12.8 Å². The van der Waals surface area contributed by atoms with E-state index in [-0.39, 0.29) is 6.61 Å². The maximum absolute atomic E-state index is 9.20. The molecule has 1 aromatic heterocycles. The number of rotatable bonds is 6. The lowest BCUT2D eigenvalue weighted by atomic mass is 9.85. The van der Waals surface area contributed by atoms with Crippen LogP contribution >= 0.6 is 11.6 Å². The summed E-state index contributed by atoms with van der Waals surface area (Å²) in [5, 5.41) is 14.6. The van der Waals surface area contributed by atoms with Crippen LogP contribution in [0.3, 0.4) is 0 Å². The molecule has 1 N–H and O–H groups in total. The summed E-state index contributed by atoms with van der Waals surface area (Å²) in [7, 11) is 4.32. The van der Waals surface area contributed by atoms with E-state index in [0.29, 0.717) is 29.9 Å². The molecule has 6 heteroatoms. The number of aliphatic hydroxyl groups is 1. The number of hydrogen-bond acceptors (Lipinski definition) is 4. The first-order chi connectivity index (χ1) is 12.1. The fourth-order valence-corrected chi connectivity index (χ4v) is 3.74. The predicted molar refractivity (Wildman–Crippen MR) is 101 cm³/mol. The van der Waals surface area contributed by atoms with Gasteiger partial charge in [0.15, 0.2) is 5.82 Å². The molecule has 0 spiro atoms. The fraction of sp³-hybridized carbons (Fsp3) is 0.579. The smallest absolute Gasteiger partial charge is 0.181 e. The number of aliphatic hydroxyl groups excluding tert-OH is 1. The molecule has 0 unspecified atom stereocenters. The molecule has 2 aromatic rings. The Morgan fingerprint density at radius 1 is 1.16 bits per heavy atom. The maximum atomic E-state index is 9.20. The van der Waals surface area contributed by atoms with Gasteiger partial charge in [0.05, 0.1) is 0 Å². The molecule has 136 valence electrons. The second kappa shape index (κ2) is 8.30. The first-order valence-electron chi connectivity index (χ1n) is 9.06. The van der Waals surface area contributed by atoms with Gasteiger partial charge in [-0.15, -0.1) is 0 Å². The zero-order valence-electron chi connectivity index (χ0n) is 15.0. The summed E-state index contributed by atoms with van der Waals surface area (Å²) in [6, 6.07) is 8.32. The van der Waals surface area contributed by atoms with Crippen molar-refractivity contribution in [2.45, 2.75) is 50.6 Å². The van der Waals surface area contributed by atoms with E-state index < -0.39 is 0 Å². The van der Waals surface area contributed by atoms with Crippen molar-refractivity contribution in [3.8, 4) is 11.4 Å². The third-order valence-corrected chi connectivity index (χ3v) is 5.37. The van der Waals surface area contributed by atoms with Crippen LogP contribution in [0.2, 0.25) is 5.02 Å². The fourth-order valence-electron chi connectivity index (χ4n) is 3.61. The summed E-state index contributed by atoms with van der Waals surface area (Å²) in [5.74, 6) is 2.26. The number of aryl methyl sites for hydroxylation is 1. The van der Waals surface area contributed by atoms with Crippen LogP contribution in [-0.2, 0) is 6.54 Å². The number of nitrogens with zero attached hydrogens (tertiary/aromatic N) is 4. The Morgan fingerprint density at radius 3 is 2.44 bits per heavy atom. The third kappa shape index (κ3) is 4.40. The van der Waals surface area contributed by atoms with Crippen LogP contribution in [0.1, 0.15) is 43.8 Å². The zero-order chi connectivity index (χ0) is 17.8. The highest BCUT2D eigenvalue weighted by Crippen LogP contribution is 2.34. The van der Waals surface area contributed by atoms with E-state index in [9.17, 15) is 5.11 Å². The summed E-state index contributed by atoms with van der Waals surface area (Å²) >= 11 is 5.99. The van der Waals surface area contributed by atoms with E-state index >= 15 is 0 Å². The molecule has 1 aliphatic rings. The number of hydrogen-bond donors (Lipinski definition) is 1. The molecule has 5 nitrogen and oxygen atoms in total. The molecule has 3 rings (SSSR count). The van der Waals surface area contributed by atoms with Crippen LogP contribution in [0.15, 0.2) is 24.3 Å². The van der Waals surface area contributed by atoms with Gasteiger partial charge in [-0.2, -0.15) is 5.10 Å². The van der Waals surface area contributed by atoms with Crippen LogP contribution in [0.4, 0.5) is 0 Å². The lowest BCUT2D eigenvalue weighted by molar-refractivity contribution is 0.211. The molecule has 1 saturated carbocycles. The summed E-state index contributed by atoms with van der Waals surface area (Å²) in [5.41, 5.74) is 0.982. The number of halogens is 1. The largest absolute Gasteiger partial charge is 0.396 e. The second-order valence-corrected chi connectivity index (χ2v) is 7.51. The molecule has 25 heavy (non-hydrogen) atoms. The molecule has 1 heterocycles. The molecular weight excluding hydrogens is 336 g/mol. The van der Waals surface area contributed by atoms with E-state index in [2.05, 4.69) is 19.0 Å². The summed E-state index contributed by atoms with van der Waals surface area (Å²) in [4.78, 5) is 7.20. The Kier molecular flexibility index (Phi) is 6.10. The van der Waals surface area contributed by atoms with Crippen molar-refractivity contribution in [2.75, 3.05) is 20.7 Å². The quantitative estimate of drug-likeness (QED) is 0.853. The first kappa shape index (κ1) is 18.4. The molecule has 0 aliphatic heterocycles. The molecule has 0 saturated heterocycles. The molecule has 0 atom stereocenters. The lowest BCUT2D eigenvalue weighted by Gasteiger charge is -2.32. The first-order valence-corrected chi connectivity index (χ1v) is 9.44. The maximum Gasteiger partial charge on any atom is 0.181 e. The van der Waals surface area contributed by atoms with Gasteiger partial charge in [-0.25, -0.2) is 9.67 Å². The van der Waals surface area contributed by atoms with Crippen molar-refractivity contribution in [3.05, 3.63) is 35.1 Å². The number of benzene rings is 1. The Hall–Kier alpha value is -1.43. The number of aromatic nitrogens is 3. The van der Waals surface area contributed by atoms with Crippen LogP contribution in [0, 0.1) is 0 Å². The Labute approximate surface area is 154 Å². The zero-order valence-corrected chi connectivity index (χ0v) is 15.8. The normalized spacial score (nSPS) is 21.0. The van der Waals surface area contributed by atoms with Crippen molar-refractivity contribution in [3.63, 3.8) is 0 Å². The van der Waals surface area contributed by atoms with Crippen molar-refractivity contribution in [1.29, 1.82) is 0 Å². The van der Waals surface area contributed by atoms with Gasteiger partial charge in [-0.1, -0.05) is 11.6 Å². The minimum atomic E-state index is 0.170. The average molecular weight is 363 g/mol. The topological polar surface area (TPSA) is 54.2 Å². The van der Waals surface area contributed by atoms with Gasteiger partial charge < -0.3 is 10.0 Å². The highest BCUT2D eigenvalue weighted by atomic mass is 35.5. The highest BCUT2D eigenvalue weighted by molar-refractivity contribution is 6.30. The molecule has 1 aromatic carbocycles. The summed E-state index contributed by atoms with van der Waals surface area (Å²) in [6.07, 6.45) is 5.37. The van der Waals surface area contributed by atoms with Gasteiger partial charge in [-0.3, -0.25) is 0 Å².